The largest absolute Gasteiger partial charge is 0.347 e. The molecule has 2 aromatic carbocycles. The van der Waals surface area contributed by atoms with Crippen LogP contribution in [0.1, 0.15) is 15.2 Å². The monoisotopic (exact) mass is 546 g/mol. The first-order valence-corrected chi connectivity index (χ1v) is 14.0. The molecule has 0 saturated carbocycles. The molecule has 11 heteroatoms. The summed E-state index contributed by atoms with van der Waals surface area (Å²) < 4.78 is 28.0. The van der Waals surface area contributed by atoms with Gasteiger partial charge in [0.2, 0.25) is 5.91 Å². The lowest BCUT2D eigenvalue weighted by Crippen LogP contribution is -2.51. The fourth-order valence-corrected chi connectivity index (χ4v) is 6.81. The average Bonchev–Trinajstić information content (AvgIpc) is 3.38. The maximum atomic E-state index is 13.2. The first-order chi connectivity index (χ1) is 17.2. The molecule has 2 heterocycles. The van der Waals surface area contributed by atoms with Crippen LogP contribution in [-0.2, 0) is 21.4 Å². The second-order valence-corrected chi connectivity index (χ2v) is 12.1. The van der Waals surface area contributed by atoms with Gasteiger partial charge >= 0.3 is 0 Å². The van der Waals surface area contributed by atoms with E-state index in [1.165, 1.54) is 4.31 Å². The number of piperazine rings is 1. The molecule has 1 aliphatic heterocycles. The number of nitrogens with one attached hydrogen (secondary N) is 1. The molecule has 190 valence electrons. The minimum Gasteiger partial charge on any atom is -0.347 e. The van der Waals surface area contributed by atoms with Crippen LogP contribution in [-0.4, -0.2) is 69.2 Å². The number of likely N-dealkylation sites (N-methyl/N-ethyl adjacent to an activating group) is 1. The summed E-state index contributed by atoms with van der Waals surface area (Å²) in [5.41, 5.74) is 1.30. The van der Waals surface area contributed by atoms with Crippen molar-refractivity contribution in [3.63, 3.8) is 0 Å². The van der Waals surface area contributed by atoms with Gasteiger partial charge in [0.15, 0.2) is 0 Å². The second kappa shape index (κ2) is 11.5. The van der Waals surface area contributed by atoms with Crippen LogP contribution < -0.4 is 10.2 Å². The number of rotatable bonds is 8. The standard InChI is InChI=1S/C25H27ClN4O4S2/c1-28(21-5-3-2-4-6-21)23(31)18-29-13-15-30(16-14-29)36(33,34)24-12-11-22(35-24)17-27-25(32)19-7-9-20(26)10-8-19/h2-12H,13-18H2,1H3,(H,27,32). The number of benzene rings is 2. The van der Waals surface area contributed by atoms with Crippen molar-refractivity contribution < 1.29 is 18.0 Å². The van der Waals surface area contributed by atoms with Gasteiger partial charge in [-0.1, -0.05) is 29.8 Å². The number of nitrogens with zero attached hydrogens (tertiary/aromatic N) is 3. The average molecular weight is 547 g/mol. The van der Waals surface area contributed by atoms with Gasteiger partial charge in [-0.3, -0.25) is 14.5 Å². The van der Waals surface area contributed by atoms with E-state index in [4.69, 9.17) is 11.6 Å². The maximum Gasteiger partial charge on any atom is 0.252 e. The molecule has 8 nitrogen and oxygen atoms in total. The summed E-state index contributed by atoms with van der Waals surface area (Å²) in [7, 11) is -1.90. The molecule has 0 aliphatic carbocycles. The van der Waals surface area contributed by atoms with Crippen molar-refractivity contribution in [2.24, 2.45) is 0 Å². The molecule has 36 heavy (non-hydrogen) atoms. The minimum absolute atomic E-state index is 0.0407. The highest BCUT2D eigenvalue weighted by Crippen LogP contribution is 2.26. The highest BCUT2D eigenvalue weighted by molar-refractivity contribution is 7.91. The topological polar surface area (TPSA) is 90.0 Å². The van der Waals surface area contributed by atoms with Gasteiger partial charge in [0, 0.05) is 54.4 Å². The van der Waals surface area contributed by atoms with E-state index in [1.54, 1.807) is 48.3 Å². The molecule has 0 atom stereocenters. The van der Waals surface area contributed by atoms with E-state index >= 15 is 0 Å². The van der Waals surface area contributed by atoms with Gasteiger partial charge in [-0.05, 0) is 48.5 Å². The minimum atomic E-state index is -3.65. The molecule has 1 fully saturated rings. The lowest BCUT2D eigenvalue weighted by molar-refractivity contribution is -0.119. The molecular weight excluding hydrogens is 520 g/mol. The third-order valence-corrected chi connectivity index (χ3v) is 9.67. The number of para-hydroxylation sites is 1. The Labute approximate surface area is 220 Å². The molecule has 1 aliphatic rings. The molecule has 4 rings (SSSR count). The Hall–Kier alpha value is -2.76. The van der Waals surface area contributed by atoms with Crippen molar-refractivity contribution in [2.75, 3.05) is 44.7 Å². The first kappa shape index (κ1) is 26.3. The molecule has 0 spiro atoms. The summed E-state index contributed by atoms with van der Waals surface area (Å²) in [6, 6.07) is 19.3. The molecule has 1 saturated heterocycles. The quantitative estimate of drug-likeness (QED) is 0.468. The van der Waals surface area contributed by atoms with E-state index in [-0.39, 0.29) is 29.1 Å². The van der Waals surface area contributed by atoms with Crippen molar-refractivity contribution in [3.8, 4) is 0 Å². The maximum absolute atomic E-state index is 13.2. The molecule has 0 bridgehead atoms. The number of hydrogen-bond donors (Lipinski definition) is 1. The summed E-state index contributed by atoms with van der Waals surface area (Å²) in [5, 5.41) is 3.35. The molecule has 0 unspecified atom stereocenters. The Kier molecular flexibility index (Phi) is 8.43. The predicted molar refractivity (Wildman–Crippen MR) is 142 cm³/mol. The Balaban J connectivity index is 1.29. The lowest BCUT2D eigenvalue weighted by atomic mass is 10.2. The summed E-state index contributed by atoms with van der Waals surface area (Å²) >= 11 is 7.00. The number of thiophene rings is 1. The van der Waals surface area contributed by atoms with Gasteiger partial charge in [-0.15, -0.1) is 11.3 Å². The van der Waals surface area contributed by atoms with Gasteiger partial charge in [0.05, 0.1) is 13.1 Å². The molecule has 1 N–H and O–H groups in total. The van der Waals surface area contributed by atoms with E-state index in [2.05, 4.69) is 5.32 Å². The second-order valence-electron chi connectivity index (χ2n) is 8.38. The summed E-state index contributed by atoms with van der Waals surface area (Å²) in [5.74, 6) is -0.297. The van der Waals surface area contributed by atoms with Crippen LogP contribution in [0.25, 0.3) is 0 Å². The van der Waals surface area contributed by atoms with E-state index in [0.29, 0.717) is 36.8 Å². The zero-order valence-corrected chi connectivity index (χ0v) is 22.2. The van der Waals surface area contributed by atoms with Crippen LogP contribution in [0.4, 0.5) is 5.69 Å². The molecular formula is C25H27ClN4O4S2. The fourth-order valence-electron chi connectivity index (χ4n) is 3.81. The van der Waals surface area contributed by atoms with Gasteiger partial charge in [0.25, 0.3) is 15.9 Å². The SMILES string of the molecule is CN(C(=O)CN1CCN(S(=O)(=O)c2ccc(CNC(=O)c3ccc(Cl)cc3)s2)CC1)c1ccccc1. The van der Waals surface area contributed by atoms with Crippen LogP contribution in [0.3, 0.4) is 0 Å². The van der Waals surface area contributed by atoms with Crippen LogP contribution in [0.15, 0.2) is 70.9 Å². The smallest absolute Gasteiger partial charge is 0.252 e. The highest BCUT2D eigenvalue weighted by Gasteiger charge is 2.30. The number of hydrogen-bond acceptors (Lipinski definition) is 6. The summed E-state index contributed by atoms with van der Waals surface area (Å²) in [6.07, 6.45) is 0. The van der Waals surface area contributed by atoms with Crippen LogP contribution >= 0.6 is 22.9 Å². The predicted octanol–water partition coefficient (Wildman–Crippen LogP) is 3.30. The first-order valence-electron chi connectivity index (χ1n) is 11.4. The Bertz CT molecular complexity index is 1310. The van der Waals surface area contributed by atoms with Crippen LogP contribution in [0.2, 0.25) is 5.02 Å². The van der Waals surface area contributed by atoms with E-state index in [1.807, 2.05) is 35.2 Å². The molecule has 1 aromatic heterocycles. The number of anilines is 1. The summed E-state index contributed by atoms with van der Waals surface area (Å²) in [6.45, 7) is 2.03. The van der Waals surface area contributed by atoms with Gasteiger partial charge in [-0.25, -0.2) is 8.42 Å². The number of carbonyl (C=O) groups excluding carboxylic acids is 2. The van der Waals surface area contributed by atoms with E-state index in [0.717, 1.165) is 21.9 Å². The van der Waals surface area contributed by atoms with Crippen LogP contribution in [0.5, 0.6) is 0 Å². The van der Waals surface area contributed by atoms with Crippen molar-refractivity contribution in [1.82, 2.24) is 14.5 Å². The van der Waals surface area contributed by atoms with Crippen molar-refractivity contribution in [3.05, 3.63) is 82.2 Å². The lowest BCUT2D eigenvalue weighted by Gasteiger charge is -2.34. The molecule has 2 amide bonds. The Morgan fingerprint density at radius 1 is 0.972 bits per heavy atom. The third kappa shape index (κ3) is 6.32. The molecule has 0 radical (unpaired) electrons. The summed E-state index contributed by atoms with van der Waals surface area (Å²) in [4.78, 5) is 29.3. The van der Waals surface area contributed by atoms with Crippen LogP contribution in [0, 0.1) is 0 Å². The number of sulfonamides is 1. The van der Waals surface area contributed by atoms with E-state index in [9.17, 15) is 18.0 Å². The number of halogens is 1. The zero-order valence-electron chi connectivity index (χ0n) is 19.8. The highest BCUT2D eigenvalue weighted by atomic mass is 35.5. The van der Waals surface area contributed by atoms with Gasteiger partial charge in [0.1, 0.15) is 4.21 Å². The molecule has 3 aromatic rings. The van der Waals surface area contributed by atoms with Gasteiger partial charge < -0.3 is 10.2 Å². The van der Waals surface area contributed by atoms with Crippen molar-refractivity contribution in [1.29, 1.82) is 0 Å². The van der Waals surface area contributed by atoms with Crippen molar-refractivity contribution in [2.45, 2.75) is 10.8 Å². The Morgan fingerprint density at radius 2 is 1.64 bits per heavy atom. The number of carbonyl (C=O) groups is 2. The third-order valence-electron chi connectivity index (χ3n) is 5.97. The zero-order chi connectivity index (χ0) is 25.7. The van der Waals surface area contributed by atoms with Gasteiger partial charge in [-0.2, -0.15) is 4.31 Å². The normalized spacial score (nSPS) is 14.9. The Morgan fingerprint density at radius 3 is 2.31 bits per heavy atom. The van der Waals surface area contributed by atoms with Crippen molar-refractivity contribution >= 4 is 50.5 Å². The van der Waals surface area contributed by atoms with E-state index < -0.39 is 10.0 Å². The fraction of sp³-hybridized carbons (Fsp3) is 0.280. The number of amides is 2.